The van der Waals surface area contributed by atoms with Crippen LogP contribution >= 0.6 is 15.9 Å². The zero-order valence-corrected chi connectivity index (χ0v) is 11.4. The molecule has 0 spiro atoms. The van der Waals surface area contributed by atoms with Crippen LogP contribution in [0.2, 0.25) is 0 Å². The third kappa shape index (κ3) is 3.13. The van der Waals surface area contributed by atoms with Crippen molar-refractivity contribution in [3.05, 3.63) is 52.8 Å². The summed E-state index contributed by atoms with van der Waals surface area (Å²) in [6.45, 7) is 1.85. The van der Waals surface area contributed by atoms with Crippen LogP contribution in [-0.2, 0) is 4.79 Å². The summed E-state index contributed by atoms with van der Waals surface area (Å²) < 4.78 is 0.991. The van der Waals surface area contributed by atoms with Gasteiger partial charge in [0.1, 0.15) is 0 Å². The van der Waals surface area contributed by atoms with Crippen LogP contribution < -0.4 is 5.32 Å². The van der Waals surface area contributed by atoms with Crippen molar-refractivity contribution in [3.63, 3.8) is 0 Å². The van der Waals surface area contributed by atoms with Crippen molar-refractivity contribution in [2.75, 3.05) is 5.32 Å². The van der Waals surface area contributed by atoms with Gasteiger partial charge in [0, 0.05) is 16.9 Å². The molecule has 1 aromatic carbocycles. The predicted octanol–water partition coefficient (Wildman–Crippen LogP) is 2.98. The molecule has 0 saturated heterocycles. The van der Waals surface area contributed by atoms with Crippen LogP contribution in [-0.4, -0.2) is 15.9 Å². The number of anilines is 1. The number of nitrogens with zero attached hydrogens (tertiary/aromatic N) is 2. The monoisotopic (exact) mass is 305 g/mol. The molecule has 0 aliphatic rings. The highest BCUT2D eigenvalue weighted by atomic mass is 79.9. The van der Waals surface area contributed by atoms with E-state index in [0.717, 1.165) is 10.0 Å². The average molecular weight is 306 g/mol. The minimum absolute atomic E-state index is 0.122. The fraction of sp³-hybridized carbons (Fsp3) is 0.154. The van der Waals surface area contributed by atoms with Gasteiger partial charge in [0.2, 0.25) is 11.9 Å². The molecule has 1 unspecified atom stereocenters. The first-order valence-corrected chi connectivity index (χ1v) is 6.29. The quantitative estimate of drug-likeness (QED) is 0.948. The van der Waals surface area contributed by atoms with Crippen molar-refractivity contribution in [1.82, 2.24) is 9.97 Å². The maximum Gasteiger partial charge on any atom is 0.233 e. The van der Waals surface area contributed by atoms with Crippen molar-refractivity contribution in [2.24, 2.45) is 0 Å². The smallest absolute Gasteiger partial charge is 0.233 e. The maximum absolute atomic E-state index is 12.0. The van der Waals surface area contributed by atoms with Gasteiger partial charge in [-0.05, 0) is 30.7 Å². The molecule has 92 valence electrons. The van der Waals surface area contributed by atoms with Crippen LogP contribution in [0.5, 0.6) is 0 Å². The second-order valence-corrected chi connectivity index (χ2v) is 4.75. The van der Waals surface area contributed by atoms with Crippen molar-refractivity contribution < 1.29 is 4.79 Å². The third-order valence-electron chi connectivity index (χ3n) is 2.56. The highest BCUT2D eigenvalue weighted by Crippen LogP contribution is 2.19. The highest BCUT2D eigenvalue weighted by molar-refractivity contribution is 9.10. The first-order valence-electron chi connectivity index (χ1n) is 5.50. The average Bonchev–Trinajstić information content (AvgIpc) is 2.40. The molecule has 0 fully saturated rings. The first-order chi connectivity index (χ1) is 8.66. The molecule has 18 heavy (non-hydrogen) atoms. The summed E-state index contributed by atoms with van der Waals surface area (Å²) in [5.41, 5.74) is 0.951. The number of carbonyl (C=O) groups excluding carboxylic acids is 1. The van der Waals surface area contributed by atoms with E-state index < -0.39 is 0 Å². The lowest BCUT2D eigenvalue weighted by molar-refractivity contribution is -0.117. The molecule has 0 aliphatic heterocycles. The number of rotatable bonds is 3. The molecule has 4 nitrogen and oxygen atoms in total. The van der Waals surface area contributed by atoms with Crippen molar-refractivity contribution in [1.29, 1.82) is 0 Å². The molecule has 1 heterocycles. The number of aromatic nitrogens is 2. The first kappa shape index (κ1) is 12.7. The topological polar surface area (TPSA) is 54.9 Å². The SMILES string of the molecule is CC(C(=O)Nc1ncccn1)c1ccc(Br)cc1. The van der Waals surface area contributed by atoms with Gasteiger partial charge in [-0.15, -0.1) is 0 Å². The fourth-order valence-corrected chi connectivity index (χ4v) is 1.75. The number of amides is 1. The van der Waals surface area contributed by atoms with E-state index >= 15 is 0 Å². The van der Waals surface area contributed by atoms with Gasteiger partial charge in [0.05, 0.1) is 5.92 Å². The Labute approximate surface area is 114 Å². The van der Waals surface area contributed by atoms with E-state index in [0.29, 0.717) is 5.95 Å². The molecule has 0 bridgehead atoms. The Kier molecular flexibility index (Phi) is 4.04. The van der Waals surface area contributed by atoms with Gasteiger partial charge < -0.3 is 0 Å². The molecule has 0 radical (unpaired) electrons. The van der Waals surface area contributed by atoms with Gasteiger partial charge in [-0.3, -0.25) is 10.1 Å². The van der Waals surface area contributed by atoms with Crippen LogP contribution in [0.25, 0.3) is 0 Å². The van der Waals surface area contributed by atoms with Crippen LogP contribution in [0.3, 0.4) is 0 Å². The van der Waals surface area contributed by atoms with Gasteiger partial charge in [0.15, 0.2) is 0 Å². The molecule has 1 amide bonds. The summed E-state index contributed by atoms with van der Waals surface area (Å²) >= 11 is 3.36. The highest BCUT2D eigenvalue weighted by Gasteiger charge is 2.15. The summed E-state index contributed by atoms with van der Waals surface area (Å²) in [7, 11) is 0. The Morgan fingerprint density at radius 1 is 1.22 bits per heavy atom. The van der Waals surface area contributed by atoms with E-state index in [-0.39, 0.29) is 11.8 Å². The van der Waals surface area contributed by atoms with Crippen LogP contribution in [0.4, 0.5) is 5.95 Å². The largest absolute Gasteiger partial charge is 0.294 e. The summed E-state index contributed by atoms with van der Waals surface area (Å²) in [5, 5.41) is 2.68. The van der Waals surface area contributed by atoms with Gasteiger partial charge >= 0.3 is 0 Å². The minimum atomic E-state index is -0.248. The number of carbonyl (C=O) groups is 1. The van der Waals surface area contributed by atoms with Crippen molar-refractivity contribution in [3.8, 4) is 0 Å². The zero-order chi connectivity index (χ0) is 13.0. The second-order valence-electron chi connectivity index (χ2n) is 3.83. The van der Waals surface area contributed by atoms with Gasteiger partial charge in [0.25, 0.3) is 0 Å². The molecule has 0 saturated carbocycles. The normalized spacial score (nSPS) is 11.9. The standard InChI is InChI=1S/C13H12BrN3O/c1-9(10-3-5-11(14)6-4-10)12(18)17-13-15-7-2-8-16-13/h2-9H,1H3,(H,15,16,17,18). The van der Waals surface area contributed by atoms with Gasteiger partial charge in [-0.1, -0.05) is 28.1 Å². The van der Waals surface area contributed by atoms with Gasteiger partial charge in [-0.25, -0.2) is 9.97 Å². The minimum Gasteiger partial charge on any atom is -0.294 e. The van der Waals surface area contributed by atoms with E-state index in [9.17, 15) is 4.79 Å². The molecular formula is C13H12BrN3O. The summed E-state index contributed by atoms with van der Waals surface area (Å²) in [4.78, 5) is 19.9. The molecule has 1 atom stereocenters. The number of halogens is 1. The van der Waals surface area contributed by atoms with E-state index in [1.807, 2.05) is 31.2 Å². The lowest BCUT2D eigenvalue weighted by Gasteiger charge is -2.11. The molecule has 1 aromatic heterocycles. The predicted molar refractivity (Wildman–Crippen MR) is 73.2 cm³/mol. The second kappa shape index (κ2) is 5.73. The maximum atomic E-state index is 12.0. The Morgan fingerprint density at radius 2 is 1.83 bits per heavy atom. The Morgan fingerprint density at radius 3 is 2.44 bits per heavy atom. The lowest BCUT2D eigenvalue weighted by Crippen LogP contribution is -2.20. The molecule has 2 rings (SSSR count). The lowest BCUT2D eigenvalue weighted by atomic mass is 10.0. The molecule has 5 heteroatoms. The number of hydrogen-bond donors (Lipinski definition) is 1. The van der Waals surface area contributed by atoms with Crippen molar-refractivity contribution in [2.45, 2.75) is 12.8 Å². The fourth-order valence-electron chi connectivity index (χ4n) is 1.48. The molecule has 0 aliphatic carbocycles. The molecule has 2 aromatic rings. The van der Waals surface area contributed by atoms with Crippen LogP contribution in [0.15, 0.2) is 47.2 Å². The van der Waals surface area contributed by atoms with E-state index in [4.69, 9.17) is 0 Å². The van der Waals surface area contributed by atoms with E-state index in [1.54, 1.807) is 18.5 Å². The zero-order valence-electron chi connectivity index (χ0n) is 9.80. The Bertz CT molecular complexity index is 528. The third-order valence-corrected chi connectivity index (χ3v) is 3.09. The summed E-state index contributed by atoms with van der Waals surface area (Å²) in [6, 6.07) is 9.37. The van der Waals surface area contributed by atoms with E-state index in [2.05, 4.69) is 31.2 Å². The van der Waals surface area contributed by atoms with Crippen LogP contribution in [0.1, 0.15) is 18.4 Å². The number of hydrogen-bond acceptors (Lipinski definition) is 3. The number of benzene rings is 1. The van der Waals surface area contributed by atoms with Gasteiger partial charge in [-0.2, -0.15) is 0 Å². The Hall–Kier alpha value is -1.75. The van der Waals surface area contributed by atoms with Crippen molar-refractivity contribution >= 4 is 27.8 Å². The summed E-state index contributed by atoms with van der Waals surface area (Å²) in [6.07, 6.45) is 3.18. The molecule has 1 N–H and O–H groups in total. The summed E-state index contributed by atoms with van der Waals surface area (Å²) in [5.74, 6) is -0.0445. The Balaban J connectivity index is 2.07. The van der Waals surface area contributed by atoms with E-state index in [1.165, 1.54) is 0 Å². The number of nitrogens with one attached hydrogen (secondary N) is 1. The molecular weight excluding hydrogens is 294 g/mol. The van der Waals surface area contributed by atoms with Crippen LogP contribution in [0, 0.1) is 0 Å².